The van der Waals surface area contributed by atoms with Crippen LogP contribution < -0.4 is 9.61 Å². The average Bonchev–Trinajstić information content (AvgIpc) is 3.30. The first-order valence-electron chi connectivity index (χ1n) is 10.9. The molecule has 1 N–H and O–H groups in total. The lowest BCUT2D eigenvalue weighted by Crippen LogP contribution is -2.16. The molecule has 0 aliphatic rings. The molecular formula is C22H16F6N4O7S2. The number of carbonyl (C=O) groups excluding carboxylic acids is 1. The highest BCUT2D eigenvalue weighted by Crippen LogP contribution is 2.38. The molecule has 0 fully saturated rings. The number of hydrazone groups is 1. The Balaban J connectivity index is 1.93. The van der Waals surface area contributed by atoms with E-state index in [4.69, 9.17) is 8.92 Å². The number of thiazole rings is 1. The van der Waals surface area contributed by atoms with Crippen LogP contribution in [-0.2, 0) is 38.4 Å². The summed E-state index contributed by atoms with van der Waals surface area (Å²) in [5.41, 5.74) is -1.98. The quantitative estimate of drug-likeness (QED) is 0.0778. The van der Waals surface area contributed by atoms with Crippen molar-refractivity contribution in [2.24, 2.45) is 5.10 Å². The van der Waals surface area contributed by atoms with Crippen LogP contribution in [0.15, 0.2) is 51.8 Å². The van der Waals surface area contributed by atoms with Crippen LogP contribution in [0.2, 0.25) is 0 Å². The van der Waals surface area contributed by atoms with Crippen molar-refractivity contribution >= 4 is 44.5 Å². The second-order valence-electron chi connectivity index (χ2n) is 7.75. The van der Waals surface area contributed by atoms with Crippen molar-refractivity contribution in [1.29, 1.82) is 0 Å². The minimum absolute atomic E-state index is 0.0401. The van der Waals surface area contributed by atoms with E-state index < -0.39 is 60.8 Å². The number of nitro benzene ring substituents is 1. The van der Waals surface area contributed by atoms with E-state index in [1.165, 1.54) is 5.38 Å². The van der Waals surface area contributed by atoms with E-state index in [-0.39, 0.29) is 41.9 Å². The number of ether oxygens (including phenoxy) is 1. The molecule has 0 saturated heterocycles. The molecule has 3 aromatic rings. The molecule has 0 radical (unpaired) electrons. The van der Waals surface area contributed by atoms with E-state index in [1.54, 1.807) is 6.92 Å². The summed E-state index contributed by atoms with van der Waals surface area (Å²) < 4.78 is 114. The summed E-state index contributed by atoms with van der Waals surface area (Å²) >= 11 is 1.01. The molecule has 19 heteroatoms. The number of halogens is 6. The van der Waals surface area contributed by atoms with E-state index >= 15 is 0 Å². The Hall–Kier alpha value is -4.26. The summed E-state index contributed by atoms with van der Waals surface area (Å²) in [4.78, 5) is 24.5. The maximum atomic E-state index is 13.2. The molecular weight excluding hydrogens is 610 g/mol. The fourth-order valence-corrected chi connectivity index (χ4v) is 4.71. The standard InChI is InChI=1S/C22H16F6N4O7S2/c1-2-38-19(33)9-15-11-40-20(30-15)31-29-10-12-5-16(32(34)35)3-4-18(12)39-41(36,37)17-7-13(21(23,24)25)6-14(8-17)22(26,27)28/h3-8,10-11H,2,9H2,1H3,(H,30,31). The first-order valence-corrected chi connectivity index (χ1v) is 13.2. The van der Waals surface area contributed by atoms with Gasteiger partial charge < -0.3 is 8.92 Å². The molecule has 0 unspecified atom stereocenters. The number of aromatic nitrogens is 1. The van der Waals surface area contributed by atoms with Gasteiger partial charge in [0.05, 0.1) is 41.0 Å². The molecule has 2 aromatic carbocycles. The number of nitrogens with one attached hydrogen (secondary N) is 1. The van der Waals surface area contributed by atoms with Crippen LogP contribution in [0.1, 0.15) is 29.3 Å². The van der Waals surface area contributed by atoms with Crippen LogP contribution >= 0.6 is 11.3 Å². The largest absolute Gasteiger partial charge is 0.466 e. The Morgan fingerprint density at radius 1 is 1.12 bits per heavy atom. The number of esters is 1. The predicted octanol–water partition coefficient (Wildman–Crippen LogP) is 5.41. The SMILES string of the molecule is CCOC(=O)Cc1csc(NN=Cc2cc([N+](=O)[O-])ccc2OS(=O)(=O)c2cc(C(F)(F)F)cc(C(F)(F)F)c2)n1. The van der Waals surface area contributed by atoms with Crippen molar-refractivity contribution in [2.75, 3.05) is 12.0 Å². The van der Waals surface area contributed by atoms with Gasteiger partial charge in [0.25, 0.3) is 5.69 Å². The molecule has 1 aromatic heterocycles. The van der Waals surface area contributed by atoms with Gasteiger partial charge in [-0.1, -0.05) is 0 Å². The predicted molar refractivity (Wildman–Crippen MR) is 131 cm³/mol. The zero-order valence-corrected chi connectivity index (χ0v) is 21.9. The van der Waals surface area contributed by atoms with Crippen LogP contribution in [0.5, 0.6) is 5.75 Å². The number of hydrogen-bond donors (Lipinski definition) is 1. The van der Waals surface area contributed by atoms with E-state index in [1.807, 2.05) is 0 Å². The third kappa shape index (κ3) is 8.37. The van der Waals surface area contributed by atoms with Crippen molar-refractivity contribution in [3.05, 3.63) is 74.3 Å². The summed E-state index contributed by atoms with van der Waals surface area (Å²) in [5, 5.41) is 16.6. The second-order valence-corrected chi connectivity index (χ2v) is 10.2. The maximum absolute atomic E-state index is 13.2. The number of rotatable bonds is 10. The second kappa shape index (κ2) is 12.1. The maximum Gasteiger partial charge on any atom is 0.416 e. The Labute approximate surface area is 230 Å². The molecule has 0 atom stereocenters. The van der Waals surface area contributed by atoms with Crippen LogP contribution in [0.3, 0.4) is 0 Å². The fraction of sp³-hybridized carbons (Fsp3) is 0.227. The van der Waals surface area contributed by atoms with Crippen molar-refractivity contribution < 1.29 is 53.4 Å². The van der Waals surface area contributed by atoms with Gasteiger partial charge in [-0.25, -0.2) is 4.98 Å². The molecule has 3 rings (SSSR count). The van der Waals surface area contributed by atoms with E-state index in [9.17, 15) is 49.7 Å². The number of anilines is 1. The van der Waals surface area contributed by atoms with Gasteiger partial charge in [0, 0.05) is 23.1 Å². The van der Waals surface area contributed by atoms with Crippen molar-refractivity contribution in [2.45, 2.75) is 30.6 Å². The van der Waals surface area contributed by atoms with Gasteiger partial charge in [-0.05, 0) is 31.2 Å². The van der Waals surface area contributed by atoms with Crippen LogP contribution in [-0.4, -0.2) is 37.1 Å². The smallest absolute Gasteiger partial charge is 0.416 e. The highest BCUT2D eigenvalue weighted by Gasteiger charge is 2.38. The van der Waals surface area contributed by atoms with Gasteiger partial charge in [-0.15, -0.1) is 11.3 Å². The first-order chi connectivity index (χ1) is 19.0. The Morgan fingerprint density at radius 2 is 1.76 bits per heavy atom. The molecule has 0 amide bonds. The molecule has 0 saturated carbocycles. The topological polar surface area (TPSA) is 150 Å². The number of nitrogens with zero attached hydrogens (tertiary/aromatic N) is 3. The minimum Gasteiger partial charge on any atom is -0.466 e. The van der Waals surface area contributed by atoms with E-state index in [0.29, 0.717) is 5.69 Å². The van der Waals surface area contributed by atoms with Crippen molar-refractivity contribution in [1.82, 2.24) is 4.98 Å². The third-order valence-corrected chi connectivity index (χ3v) is 6.81. The van der Waals surface area contributed by atoms with Crippen molar-refractivity contribution in [3.8, 4) is 5.75 Å². The lowest BCUT2D eigenvalue weighted by Gasteiger charge is -2.15. The zero-order chi connectivity index (χ0) is 30.6. The van der Waals surface area contributed by atoms with Gasteiger partial charge >= 0.3 is 28.4 Å². The monoisotopic (exact) mass is 626 g/mol. The Bertz CT molecular complexity index is 1560. The number of hydrogen-bond acceptors (Lipinski definition) is 11. The van der Waals surface area contributed by atoms with E-state index in [2.05, 4.69) is 15.5 Å². The van der Waals surface area contributed by atoms with Crippen molar-refractivity contribution in [3.63, 3.8) is 0 Å². The number of alkyl halides is 6. The molecule has 0 aliphatic carbocycles. The van der Waals surface area contributed by atoms with Gasteiger partial charge in [0.15, 0.2) is 5.75 Å². The average molecular weight is 627 g/mol. The lowest BCUT2D eigenvalue weighted by molar-refractivity contribution is -0.384. The zero-order valence-electron chi connectivity index (χ0n) is 20.3. The molecule has 41 heavy (non-hydrogen) atoms. The first kappa shape index (κ1) is 31.3. The Kier molecular flexibility index (Phi) is 9.22. The fourth-order valence-electron chi connectivity index (χ4n) is 3.02. The lowest BCUT2D eigenvalue weighted by atomic mass is 10.1. The molecule has 1 heterocycles. The molecule has 0 aliphatic heterocycles. The number of benzene rings is 2. The summed E-state index contributed by atoms with van der Waals surface area (Å²) in [6.07, 6.45) is -9.94. The normalized spacial score (nSPS) is 12.4. The Morgan fingerprint density at radius 3 is 2.32 bits per heavy atom. The highest BCUT2D eigenvalue weighted by molar-refractivity contribution is 7.87. The highest BCUT2D eigenvalue weighted by atomic mass is 32.2. The molecule has 0 spiro atoms. The van der Waals surface area contributed by atoms with E-state index in [0.717, 1.165) is 35.8 Å². The number of nitro groups is 1. The molecule has 11 nitrogen and oxygen atoms in total. The summed E-state index contributed by atoms with van der Waals surface area (Å²) in [6.45, 7) is 1.79. The molecule has 220 valence electrons. The number of carbonyl (C=O) groups is 1. The minimum atomic E-state index is -5.33. The van der Waals surface area contributed by atoms with Crippen LogP contribution in [0.25, 0.3) is 0 Å². The van der Waals surface area contributed by atoms with Crippen LogP contribution in [0.4, 0.5) is 37.2 Å². The number of non-ortho nitro benzene ring substituents is 1. The summed E-state index contributed by atoms with van der Waals surface area (Å²) in [5.74, 6) is -1.23. The summed E-state index contributed by atoms with van der Waals surface area (Å²) in [6, 6.07) is 2.04. The summed E-state index contributed by atoms with van der Waals surface area (Å²) in [7, 11) is -5.33. The third-order valence-electron chi connectivity index (χ3n) is 4.80. The van der Waals surface area contributed by atoms with Gasteiger partial charge in [0.2, 0.25) is 5.13 Å². The van der Waals surface area contributed by atoms with Gasteiger partial charge in [0.1, 0.15) is 4.90 Å². The van der Waals surface area contributed by atoms with Gasteiger partial charge in [-0.3, -0.25) is 20.3 Å². The van der Waals surface area contributed by atoms with Crippen LogP contribution in [0, 0.1) is 10.1 Å². The molecule has 0 bridgehead atoms. The van der Waals surface area contributed by atoms with Gasteiger partial charge in [-0.2, -0.15) is 39.9 Å².